The van der Waals surface area contributed by atoms with E-state index in [-0.39, 0.29) is 18.0 Å². The van der Waals surface area contributed by atoms with Gasteiger partial charge in [-0.25, -0.2) is 4.98 Å². The predicted molar refractivity (Wildman–Crippen MR) is 110 cm³/mol. The van der Waals surface area contributed by atoms with Crippen molar-refractivity contribution in [1.82, 2.24) is 14.9 Å². The molecule has 28 heavy (non-hydrogen) atoms. The van der Waals surface area contributed by atoms with E-state index < -0.39 is 0 Å². The summed E-state index contributed by atoms with van der Waals surface area (Å²) in [4.78, 5) is 17.2. The Balaban J connectivity index is 1.75. The highest BCUT2D eigenvalue weighted by Gasteiger charge is 2.20. The molecule has 2 aromatic carbocycles. The molecule has 0 saturated carbocycles. The molecular weight excluding hydrogens is 354 g/mol. The summed E-state index contributed by atoms with van der Waals surface area (Å²) in [5.41, 5.74) is 2.78. The smallest absolute Gasteiger partial charge is 0.243 e. The van der Waals surface area contributed by atoms with Crippen LogP contribution in [0.15, 0.2) is 48.8 Å². The summed E-state index contributed by atoms with van der Waals surface area (Å²) in [5.74, 6) is 1.34. The van der Waals surface area contributed by atoms with Gasteiger partial charge in [0.05, 0.1) is 36.6 Å². The average Bonchev–Trinajstić information content (AvgIpc) is 3.13. The molecule has 3 rings (SSSR count). The van der Waals surface area contributed by atoms with Crippen LogP contribution in [0, 0.1) is 0 Å². The topological polar surface area (TPSA) is 65.4 Å². The Kier molecular flexibility index (Phi) is 6.19. The normalized spacial score (nSPS) is 13.1. The lowest BCUT2D eigenvalue weighted by atomic mass is 10.1. The van der Waals surface area contributed by atoms with Crippen molar-refractivity contribution < 1.29 is 14.3 Å². The van der Waals surface area contributed by atoms with Crippen LogP contribution in [0.1, 0.15) is 45.3 Å². The summed E-state index contributed by atoms with van der Waals surface area (Å²) in [6.45, 7) is 8.83. The molecule has 0 saturated heterocycles. The molecule has 6 heteroatoms. The fourth-order valence-electron chi connectivity index (χ4n) is 3.17. The Bertz CT molecular complexity index is 951. The minimum atomic E-state index is -0.371. The van der Waals surface area contributed by atoms with Crippen LogP contribution in [0.3, 0.4) is 0 Å². The number of nitrogens with zero attached hydrogens (tertiary/aromatic N) is 2. The standard InChI is InChI=1S/C22H27N3O3/c1-5-27-20-12-11-17(13-21(20)28-6-2)15(3)24-22(26)16(4)25-14-23-18-9-7-8-10-19(18)25/h7-16H,5-6H2,1-4H3,(H,24,26). The number of amides is 1. The Labute approximate surface area is 165 Å². The number of hydrogen-bond acceptors (Lipinski definition) is 4. The van der Waals surface area contributed by atoms with E-state index in [0.717, 1.165) is 16.6 Å². The number of ether oxygens (including phenoxy) is 2. The second-order valence-corrected chi connectivity index (χ2v) is 6.62. The average molecular weight is 381 g/mol. The highest BCUT2D eigenvalue weighted by atomic mass is 16.5. The first-order valence-electron chi connectivity index (χ1n) is 9.66. The third kappa shape index (κ3) is 4.11. The van der Waals surface area contributed by atoms with Gasteiger partial charge in [-0.05, 0) is 57.5 Å². The van der Waals surface area contributed by atoms with Crippen LogP contribution < -0.4 is 14.8 Å². The van der Waals surface area contributed by atoms with Crippen molar-refractivity contribution in [3.05, 3.63) is 54.4 Å². The fourth-order valence-corrected chi connectivity index (χ4v) is 3.17. The molecule has 0 spiro atoms. The van der Waals surface area contributed by atoms with E-state index in [9.17, 15) is 4.79 Å². The van der Waals surface area contributed by atoms with E-state index >= 15 is 0 Å². The van der Waals surface area contributed by atoms with Crippen molar-refractivity contribution in [3.8, 4) is 11.5 Å². The van der Waals surface area contributed by atoms with Gasteiger partial charge in [0.2, 0.25) is 5.91 Å². The van der Waals surface area contributed by atoms with E-state index in [0.29, 0.717) is 24.7 Å². The number of rotatable bonds is 8. The molecule has 2 atom stereocenters. The van der Waals surface area contributed by atoms with Gasteiger partial charge >= 0.3 is 0 Å². The van der Waals surface area contributed by atoms with Gasteiger partial charge in [-0.3, -0.25) is 4.79 Å². The second-order valence-electron chi connectivity index (χ2n) is 6.62. The molecule has 1 amide bonds. The van der Waals surface area contributed by atoms with Crippen molar-refractivity contribution in [3.63, 3.8) is 0 Å². The molecule has 0 aliphatic rings. The summed E-state index contributed by atoms with van der Waals surface area (Å²) >= 11 is 0. The van der Waals surface area contributed by atoms with Crippen LogP contribution in [-0.2, 0) is 4.79 Å². The van der Waals surface area contributed by atoms with Crippen LogP contribution in [0.4, 0.5) is 0 Å². The quantitative estimate of drug-likeness (QED) is 0.633. The van der Waals surface area contributed by atoms with Crippen molar-refractivity contribution in [2.45, 2.75) is 39.8 Å². The van der Waals surface area contributed by atoms with Crippen molar-refractivity contribution >= 4 is 16.9 Å². The second kappa shape index (κ2) is 8.78. The highest BCUT2D eigenvalue weighted by Crippen LogP contribution is 2.31. The number of aromatic nitrogens is 2. The predicted octanol–water partition coefficient (Wildman–Crippen LogP) is 4.27. The van der Waals surface area contributed by atoms with E-state index in [1.807, 2.05) is 74.7 Å². The number of carbonyl (C=O) groups excluding carboxylic acids is 1. The summed E-state index contributed by atoms with van der Waals surface area (Å²) < 4.78 is 13.2. The number of benzene rings is 2. The SMILES string of the molecule is CCOc1ccc(C(C)NC(=O)C(C)n2cnc3ccccc32)cc1OCC. The van der Waals surface area contributed by atoms with Gasteiger partial charge in [-0.1, -0.05) is 18.2 Å². The lowest BCUT2D eigenvalue weighted by Crippen LogP contribution is -2.32. The van der Waals surface area contributed by atoms with Gasteiger partial charge in [0.15, 0.2) is 11.5 Å². The number of para-hydroxylation sites is 2. The maximum absolute atomic E-state index is 12.8. The molecule has 6 nitrogen and oxygen atoms in total. The molecule has 148 valence electrons. The van der Waals surface area contributed by atoms with E-state index in [1.165, 1.54) is 0 Å². The van der Waals surface area contributed by atoms with Gasteiger partial charge in [0, 0.05) is 0 Å². The minimum Gasteiger partial charge on any atom is -0.490 e. The summed E-state index contributed by atoms with van der Waals surface area (Å²) in [6.07, 6.45) is 1.71. The van der Waals surface area contributed by atoms with Crippen molar-refractivity contribution in [1.29, 1.82) is 0 Å². The van der Waals surface area contributed by atoms with Gasteiger partial charge in [0.25, 0.3) is 0 Å². The lowest BCUT2D eigenvalue weighted by Gasteiger charge is -2.20. The Hall–Kier alpha value is -3.02. The zero-order valence-corrected chi connectivity index (χ0v) is 16.8. The molecule has 1 heterocycles. The molecule has 0 aliphatic carbocycles. The molecule has 1 N–H and O–H groups in total. The lowest BCUT2D eigenvalue weighted by molar-refractivity contribution is -0.124. The minimum absolute atomic E-state index is 0.0671. The number of imidazole rings is 1. The third-order valence-corrected chi connectivity index (χ3v) is 4.70. The first-order valence-corrected chi connectivity index (χ1v) is 9.66. The van der Waals surface area contributed by atoms with E-state index in [1.54, 1.807) is 6.33 Å². The van der Waals surface area contributed by atoms with Crippen LogP contribution >= 0.6 is 0 Å². The Morgan fingerprint density at radius 2 is 1.79 bits per heavy atom. The van der Waals surface area contributed by atoms with E-state index in [2.05, 4.69) is 10.3 Å². The summed E-state index contributed by atoms with van der Waals surface area (Å²) in [6, 6.07) is 13.0. The molecular formula is C22H27N3O3. The number of hydrogen-bond donors (Lipinski definition) is 1. The van der Waals surface area contributed by atoms with Crippen molar-refractivity contribution in [2.75, 3.05) is 13.2 Å². The van der Waals surface area contributed by atoms with Crippen LogP contribution in [0.2, 0.25) is 0 Å². The first kappa shape index (κ1) is 19.7. The molecule has 3 aromatic rings. The largest absolute Gasteiger partial charge is 0.490 e. The van der Waals surface area contributed by atoms with Crippen LogP contribution in [-0.4, -0.2) is 28.7 Å². The number of nitrogens with one attached hydrogen (secondary N) is 1. The first-order chi connectivity index (χ1) is 13.5. The summed E-state index contributed by atoms with van der Waals surface area (Å²) in [5, 5.41) is 3.09. The molecule has 0 fully saturated rings. The van der Waals surface area contributed by atoms with Gasteiger partial charge < -0.3 is 19.4 Å². The monoisotopic (exact) mass is 381 g/mol. The zero-order valence-electron chi connectivity index (χ0n) is 16.8. The Morgan fingerprint density at radius 1 is 1.07 bits per heavy atom. The van der Waals surface area contributed by atoms with Crippen LogP contribution in [0.5, 0.6) is 11.5 Å². The Morgan fingerprint density at radius 3 is 2.54 bits per heavy atom. The van der Waals surface area contributed by atoms with Crippen LogP contribution in [0.25, 0.3) is 11.0 Å². The molecule has 0 bridgehead atoms. The zero-order chi connectivity index (χ0) is 20.1. The number of fused-ring (bicyclic) bond motifs is 1. The maximum atomic E-state index is 12.8. The van der Waals surface area contributed by atoms with E-state index in [4.69, 9.17) is 9.47 Å². The van der Waals surface area contributed by atoms with Gasteiger partial charge in [-0.15, -0.1) is 0 Å². The molecule has 0 radical (unpaired) electrons. The van der Waals surface area contributed by atoms with Gasteiger partial charge in [0.1, 0.15) is 6.04 Å². The third-order valence-electron chi connectivity index (χ3n) is 4.70. The van der Waals surface area contributed by atoms with Gasteiger partial charge in [-0.2, -0.15) is 0 Å². The molecule has 2 unspecified atom stereocenters. The fraction of sp³-hybridized carbons (Fsp3) is 0.364. The van der Waals surface area contributed by atoms with Crippen molar-refractivity contribution in [2.24, 2.45) is 0 Å². The summed E-state index contributed by atoms with van der Waals surface area (Å²) in [7, 11) is 0. The molecule has 0 aliphatic heterocycles. The highest BCUT2D eigenvalue weighted by molar-refractivity contribution is 5.83. The number of carbonyl (C=O) groups is 1. The molecule has 1 aromatic heterocycles. The maximum Gasteiger partial charge on any atom is 0.243 e.